The van der Waals surface area contributed by atoms with Gasteiger partial charge in [-0.25, -0.2) is 10.4 Å². The number of hydrogen-bond acceptors (Lipinski definition) is 5. The first kappa shape index (κ1) is 16.5. The van der Waals surface area contributed by atoms with Gasteiger partial charge in [0.1, 0.15) is 5.15 Å². The van der Waals surface area contributed by atoms with Gasteiger partial charge in [-0.3, -0.25) is 14.9 Å². The quantitative estimate of drug-likeness (QED) is 0.335. The minimum Gasteiger partial charge on any atom is -0.267 e. The largest absolute Gasteiger partial charge is 0.271 e. The van der Waals surface area contributed by atoms with Crippen LogP contribution in [-0.2, 0) is 0 Å². The molecule has 3 aromatic rings. The summed E-state index contributed by atoms with van der Waals surface area (Å²) in [5, 5.41) is 15.6. The van der Waals surface area contributed by atoms with Crippen LogP contribution in [0.1, 0.15) is 15.9 Å². The Kier molecular flexibility index (Phi) is 4.67. The molecule has 0 bridgehead atoms. The van der Waals surface area contributed by atoms with Crippen molar-refractivity contribution in [1.29, 1.82) is 0 Å². The summed E-state index contributed by atoms with van der Waals surface area (Å²) in [6, 6.07) is 14.5. The topological polar surface area (TPSA) is 97.5 Å². The zero-order valence-corrected chi connectivity index (χ0v) is 13.5. The van der Waals surface area contributed by atoms with E-state index in [1.807, 2.05) is 30.3 Å². The normalized spacial score (nSPS) is 10.9. The summed E-state index contributed by atoms with van der Waals surface area (Å²) in [6.07, 6.45) is 1.39. The molecule has 0 atom stereocenters. The van der Waals surface area contributed by atoms with Crippen LogP contribution in [0, 0.1) is 10.1 Å². The number of halogens is 1. The van der Waals surface area contributed by atoms with Gasteiger partial charge in [-0.15, -0.1) is 0 Å². The lowest BCUT2D eigenvalue weighted by molar-refractivity contribution is -0.384. The molecular formula is C17H11ClN4O3. The number of carbonyl (C=O) groups is 1. The Hall–Kier alpha value is -3.32. The van der Waals surface area contributed by atoms with Crippen LogP contribution in [-0.4, -0.2) is 22.0 Å². The van der Waals surface area contributed by atoms with Crippen LogP contribution in [0.2, 0.25) is 5.15 Å². The summed E-state index contributed by atoms with van der Waals surface area (Å²) in [4.78, 5) is 26.3. The summed E-state index contributed by atoms with van der Waals surface area (Å²) >= 11 is 6.10. The maximum atomic E-state index is 12.0. The SMILES string of the molecule is O=C(N/N=C/c1cc2ccccc2nc1Cl)c1ccc([N+](=O)[O-])cc1. The Morgan fingerprint density at radius 3 is 2.64 bits per heavy atom. The van der Waals surface area contributed by atoms with Gasteiger partial charge in [0.25, 0.3) is 11.6 Å². The number of carbonyl (C=O) groups excluding carboxylic acids is 1. The number of fused-ring (bicyclic) bond motifs is 1. The van der Waals surface area contributed by atoms with Crippen molar-refractivity contribution in [1.82, 2.24) is 10.4 Å². The van der Waals surface area contributed by atoms with E-state index in [0.717, 1.165) is 10.9 Å². The van der Waals surface area contributed by atoms with Gasteiger partial charge in [0.2, 0.25) is 0 Å². The first-order valence-electron chi connectivity index (χ1n) is 7.18. The van der Waals surface area contributed by atoms with Crippen LogP contribution in [0.15, 0.2) is 59.7 Å². The van der Waals surface area contributed by atoms with Gasteiger partial charge in [0, 0.05) is 28.6 Å². The maximum absolute atomic E-state index is 12.0. The Morgan fingerprint density at radius 2 is 1.92 bits per heavy atom. The van der Waals surface area contributed by atoms with Crippen LogP contribution in [0.4, 0.5) is 5.69 Å². The molecule has 7 nitrogen and oxygen atoms in total. The fourth-order valence-electron chi connectivity index (χ4n) is 2.16. The zero-order valence-electron chi connectivity index (χ0n) is 12.7. The Bertz CT molecular complexity index is 987. The number of nitro benzene ring substituents is 1. The van der Waals surface area contributed by atoms with Gasteiger partial charge in [0.15, 0.2) is 0 Å². The Labute approximate surface area is 147 Å². The van der Waals surface area contributed by atoms with E-state index in [4.69, 9.17) is 11.6 Å². The number of amides is 1. The number of rotatable bonds is 4. The van der Waals surface area contributed by atoms with E-state index in [2.05, 4.69) is 15.5 Å². The van der Waals surface area contributed by atoms with E-state index in [-0.39, 0.29) is 16.4 Å². The Morgan fingerprint density at radius 1 is 1.20 bits per heavy atom. The maximum Gasteiger partial charge on any atom is 0.271 e. The van der Waals surface area contributed by atoms with E-state index in [1.54, 1.807) is 0 Å². The molecule has 8 heteroatoms. The molecule has 1 N–H and O–H groups in total. The minimum absolute atomic E-state index is 0.0888. The average molecular weight is 355 g/mol. The first-order valence-corrected chi connectivity index (χ1v) is 7.55. The predicted molar refractivity (Wildman–Crippen MR) is 94.9 cm³/mol. The second-order valence-electron chi connectivity index (χ2n) is 5.06. The molecule has 1 heterocycles. The monoisotopic (exact) mass is 354 g/mol. The van der Waals surface area contributed by atoms with Crippen LogP contribution < -0.4 is 5.43 Å². The van der Waals surface area contributed by atoms with Gasteiger partial charge < -0.3 is 0 Å². The molecule has 2 aromatic carbocycles. The van der Waals surface area contributed by atoms with E-state index >= 15 is 0 Å². The smallest absolute Gasteiger partial charge is 0.267 e. The lowest BCUT2D eigenvalue weighted by atomic mass is 10.2. The molecule has 0 aliphatic rings. The van der Waals surface area contributed by atoms with Gasteiger partial charge in [-0.2, -0.15) is 5.10 Å². The number of nitrogens with zero attached hydrogens (tertiary/aromatic N) is 3. The van der Waals surface area contributed by atoms with Crippen molar-refractivity contribution in [2.75, 3.05) is 0 Å². The van der Waals surface area contributed by atoms with Crippen LogP contribution in [0.25, 0.3) is 10.9 Å². The average Bonchev–Trinajstić information content (AvgIpc) is 2.62. The highest BCUT2D eigenvalue weighted by molar-refractivity contribution is 6.32. The lowest BCUT2D eigenvalue weighted by Crippen LogP contribution is -2.17. The molecule has 0 aliphatic heterocycles. The molecule has 0 spiro atoms. The minimum atomic E-state index is -0.533. The lowest BCUT2D eigenvalue weighted by Gasteiger charge is -2.02. The summed E-state index contributed by atoms with van der Waals surface area (Å²) < 4.78 is 0. The van der Waals surface area contributed by atoms with E-state index in [1.165, 1.54) is 30.5 Å². The Balaban J connectivity index is 1.73. The third kappa shape index (κ3) is 3.78. The standard InChI is InChI=1S/C17H11ClN4O3/c18-16-13(9-12-3-1-2-4-15(12)20-16)10-19-21-17(23)11-5-7-14(8-6-11)22(24)25/h1-10H,(H,21,23)/b19-10+. The number of hydrazone groups is 1. The van der Waals surface area contributed by atoms with E-state index in [9.17, 15) is 14.9 Å². The zero-order chi connectivity index (χ0) is 17.8. The van der Waals surface area contributed by atoms with Crippen molar-refractivity contribution in [3.05, 3.63) is 81.0 Å². The predicted octanol–water partition coefficient (Wildman–Crippen LogP) is 3.56. The molecule has 0 radical (unpaired) electrons. The molecule has 0 saturated carbocycles. The summed E-state index contributed by atoms with van der Waals surface area (Å²) in [5.41, 5.74) is 3.83. The first-order chi connectivity index (χ1) is 12.0. The highest BCUT2D eigenvalue weighted by atomic mass is 35.5. The van der Waals surface area contributed by atoms with E-state index < -0.39 is 10.8 Å². The van der Waals surface area contributed by atoms with E-state index in [0.29, 0.717) is 5.56 Å². The van der Waals surface area contributed by atoms with Gasteiger partial charge in [-0.05, 0) is 24.3 Å². The number of nitro groups is 1. The van der Waals surface area contributed by atoms with Crippen molar-refractivity contribution in [2.45, 2.75) is 0 Å². The number of nitrogens with one attached hydrogen (secondary N) is 1. The molecule has 25 heavy (non-hydrogen) atoms. The fraction of sp³-hybridized carbons (Fsp3) is 0. The molecular weight excluding hydrogens is 344 g/mol. The van der Waals surface area contributed by atoms with Crippen molar-refractivity contribution in [3.8, 4) is 0 Å². The number of hydrogen-bond donors (Lipinski definition) is 1. The van der Waals surface area contributed by atoms with Crippen LogP contribution in [0.3, 0.4) is 0 Å². The van der Waals surface area contributed by atoms with Crippen molar-refractivity contribution in [3.63, 3.8) is 0 Å². The second kappa shape index (κ2) is 7.06. The molecule has 0 unspecified atom stereocenters. The van der Waals surface area contributed by atoms with Crippen LogP contribution in [0.5, 0.6) is 0 Å². The third-order valence-electron chi connectivity index (χ3n) is 3.41. The number of para-hydroxylation sites is 1. The van der Waals surface area contributed by atoms with Gasteiger partial charge in [0.05, 0.1) is 16.7 Å². The van der Waals surface area contributed by atoms with Crippen molar-refractivity contribution in [2.24, 2.45) is 5.10 Å². The highest BCUT2D eigenvalue weighted by Crippen LogP contribution is 2.19. The molecule has 1 amide bonds. The number of non-ortho nitro benzene ring substituents is 1. The van der Waals surface area contributed by atoms with Crippen molar-refractivity contribution >= 4 is 40.3 Å². The molecule has 124 valence electrons. The number of benzene rings is 2. The molecule has 0 saturated heterocycles. The van der Waals surface area contributed by atoms with Crippen LogP contribution >= 0.6 is 11.6 Å². The summed E-state index contributed by atoms with van der Waals surface area (Å²) in [5.74, 6) is -0.490. The summed E-state index contributed by atoms with van der Waals surface area (Å²) in [6.45, 7) is 0. The fourth-order valence-corrected chi connectivity index (χ4v) is 2.35. The van der Waals surface area contributed by atoms with Crippen molar-refractivity contribution < 1.29 is 9.72 Å². The molecule has 3 rings (SSSR count). The van der Waals surface area contributed by atoms with Gasteiger partial charge >= 0.3 is 0 Å². The number of aromatic nitrogens is 1. The second-order valence-corrected chi connectivity index (χ2v) is 5.42. The molecule has 1 aromatic heterocycles. The van der Waals surface area contributed by atoms with Gasteiger partial charge in [-0.1, -0.05) is 29.8 Å². The third-order valence-corrected chi connectivity index (χ3v) is 3.72. The summed E-state index contributed by atoms with van der Waals surface area (Å²) in [7, 11) is 0. The highest BCUT2D eigenvalue weighted by Gasteiger charge is 2.09. The number of pyridine rings is 1. The molecule has 0 fully saturated rings. The molecule has 0 aliphatic carbocycles.